The summed E-state index contributed by atoms with van der Waals surface area (Å²) in [5.74, 6) is 1.10. The first-order valence-electron chi connectivity index (χ1n) is 11.6. The lowest BCUT2D eigenvalue weighted by Crippen LogP contribution is -2.40. The summed E-state index contributed by atoms with van der Waals surface area (Å²) < 4.78 is 7.38. The van der Waals surface area contributed by atoms with E-state index in [2.05, 4.69) is 50.4 Å². The minimum Gasteiger partial charge on any atom is -0.497 e. The number of hydrogen-bond donors (Lipinski definition) is 2. The van der Waals surface area contributed by atoms with Crippen LogP contribution in [0.15, 0.2) is 42.5 Å². The van der Waals surface area contributed by atoms with E-state index >= 15 is 0 Å². The summed E-state index contributed by atoms with van der Waals surface area (Å²) >= 11 is 0. The molecule has 2 aromatic carbocycles. The number of aryl methyl sites for hydroxylation is 1. The first kappa shape index (κ1) is 22.4. The number of ether oxygens (including phenoxy) is 1. The predicted octanol–water partition coefficient (Wildman–Crippen LogP) is 5.62. The Labute approximate surface area is 190 Å². The van der Waals surface area contributed by atoms with Crippen LogP contribution in [0.4, 0.5) is 0 Å². The number of methoxy groups -OCH3 is 1. The summed E-state index contributed by atoms with van der Waals surface area (Å²) in [6.45, 7) is 7.74. The molecule has 170 valence electrons. The van der Waals surface area contributed by atoms with Crippen molar-refractivity contribution >= 4 is 16.9 Å². The molecule has 32 heavy (non-hydrogen) atoms. The molecule has 0 unspecified atom stereocenters. The zero-order valence-corrected chi connectivity index (χ0v) is 19.5. The van der Waals surface area contributed by atoms with Crippen molar-refractivity contribution in [3.8, 4) is 5.75 Å². The molecular formula is C27H34N2O3. The van der Waals surface area contributed by atoms with Crippen LogP contribution in [0, 0.1) is 18.8 Å². The van der Waals surface area contributed by atoms with Crippen molar-refractivity contribution in [2.75, 3.05) is 7.11 Å². The molecule has 0 bridgehead atoms. The third-order valence-electron chi connectivity index (χ3n) is 7.29. The van der Waals surface area contributed by atoms with E-state index in [9.17, 15) is 9.90 Å². The van der Waals surface area contributed by atoms with Gasteiger partial charge in [-0.05, 0) is 42.9 Å². The second kappa shape index (κ2) is 9.37. The van der Waals surface area contributed by atoms with E-state index in [1.165, 1.54) is 18.4 Å². The van der Waals surface area contributed by atoms with Gasteiger partial charge in [-0.25, -0.2) is 4.79 Å². The predicted molar refractivity (Wildman–Crippen MR) is 129 cm³/mol. The van der Waals surface area contributed by atoms with Crippen LogP contribution in [0.1, 0.15) is 60.3 Å². The number of carboxylic acid groups (broad SMARTS) is 1. The van der Waals surface area contributed by atoms with E-state index in [0.717, 1.165) is 34.2 Å². The van der Waals surface area contributed by atoms with Crippen molar-refractivity contribution in [1.29, 1.82) is 0 Å². The van der Waals surface area contributed by atoms with Crippen molar-refractivity contribution < 1.29 is 14.6 Å². The van der Waals surface area contributed by atoms with Gasteiger partial charge in [-0.2, -0.15) is 0 Å². The first-order chi connectivity index (χ1) is 15.4. The molecule has 1 saturated carbocycles. The Morgan fingerprint density at radius 3 is 2.59 bits per heavy atom. The van der Waals surface area contributed by atoms with E-state index in [-0.39, 0.29) is 0 Å². The van der Waals surface area contributed by atoms with Gasteiger partial charge in [0.2, 0.25) is 0 Å². The summed E-state index contributed by atoms with van der Waals surface area (Å²) in [5, 5.41) is 14.9. The molecule has 5 nitrogen and oxygen atoms in total. The summed E-state index contributed by atoms with van der Waals surface area (Å²) in [7, 11) is 1.64. The number of carbonyl (C=O) groups is 1. The summed E-state index contributed by atoms with van der Waals surface area (Å²) in [6.07, 6.45) is 3.64. The van der Waals surface area contributed by atoms with Gasteiger partial charge in [0.15, 0.2) is 0 Å². The van der Waals surface area contributed by atoms with Crippen LogP contribution in [0.25, 0.3) is 10.9 Å². The molecule has 5 heteroatoms. The highest BCUT2D eigenvalue weighted by molar-refractivity contribution is 5.98. The first-order valence-corrected chi connectivity index (χ1v) is 11.6. The molecule has 4 rings (SSSR count). The number of nitrogens with zero attached hydrogens (tertiary/aromatic N) is 1. The number of aromatic carboxylic acids is 1. The van der Waals surface area contributed by atoms with E-state index in [4.69, 9.17) is 4.74 Å². The molecule has 0 saturated heterocycles. The molecule has 3 aromatic rings. The Hall–Kier alpha value is -2.79. The lowest BCUT2D eigenvalue weighted by Gasteiger charge is -2.34. The smallest absolute Gasteiger partial charge is 0.352 e. The van der Waals surface area contributed by atoms with Crippen LogP contribution in [0.3, 0.4) is 0 Å². The Morgan fingerprint density at radius 1 is 1.16 bits per heavy atom. The third kappa shape index (κ3) is 4.40. The average Bonchev–Trinajstić information content (AvgIpc) is 3.09. The molecule has 0 radical (unpaired) electrons. The molecule has 1 fully saturated rings. The molecule has 1 aliphatic rings. The second-order valence-electron chi connectivity index (χ2n) is 9.34. The maximum Gasteiger partial charge on any atom is 0.352 e. The highest BCUT2D eigenvalue weighted by atomic mass is 16.5. The fourth-order valence-electron chi connectivity index (χ4n) is 5.09. The molecule has 1 aliphatic carbocycles. The van der Waals surface area contributed by atoms with Gasteiger partial charge in [0.05, 0.1) is 12.6 Å². The number of benzene rings is 2. The van der Waals surface area contributed by atoms with Gasteiger partial charge < -0.3 is 19.7 Å². The van der Waals surface area contributed by atoms with Crippen LogP contribution < -0.4 is 10.1 Å². The SMILES string of the molecule is COc1ccc2c(CN[C@@H]3CCC[C@H](C)[C@@H]3C)c(C(=O)O)n(Cc3ccc(C)cc3)c2c1. The van der Waals surface area contributed by atoms with Crippen molar-refractivity contribution in [3.05, 3.63) is 64.8 Å². The highest BCUT2D eigenvalue weighted by Gasteiger charge is 2.28. The van der Waals surface area contributed by atoms with Crippen molar-refractivity contribution in [2.24, 2.45) is 11.8 Å². The zero-order valence-electron chi connectivity index (χ0n) is 19.5. The zero-order chi connectivity index (χ0) is 22.8. The van der Waals surface area contributed by atoms with Gasteiger partial charge in [0.25, 0.3) is 0 Å². The number of hydrogen-bond acceptors (Lipinski definition) is 3. The maximum absolute atomic E-state index is 12.5. The fourth-order valence-corrected chi connectivity index (χ4v) is 5.09. The highest BCUT2D eigenvalue weighted by Crippen LogP contribution is 2.33. The minimum absolute atomic E-state index is 0.359. The van der Waals surface area contributed by atoms with Gasteiger partial charge >= 0.3 is 5.97 Å². The summed E-state index contributed by atoms with van der Waals surface area (Å²) in [4.78, 5) is 12.5. The molecule has 1 aromatic heterocycles. The van der Waals surface area contributed by atoms with Crippen LogP contribution in [-0.4, -0.2) is 28.8 Å². The van der Waals surface area contributed by atoms with Gasteiger partial charge in [0.1, 0.15) is 11.4 Å². The van der Waals surface area contributed by atoms with Crippen LogP contribution in [-0.2, 0) is 13.1 Å². The van der Waals surface area contributed by atoms with Crippen molar-refractivity contribution in [2.45, 2.75) is 59.2 Å². The number of nitrogens with one attached hydrogen (secondary N) is 1. The molecule has 0 spiro atoms. The van der Waals surface area contributed by atoms with Gasteiger partial charge in [0, 0.05) is 36.1 Å². The number of carboxylic acids is 1. The molecule has 2 N–H and O–H groups in total. The van der Waals surface area contributed by atoms with Crippen molar-refractivity contribution in [1.82, 2.24) is 9.88 Å². The fraction of sp³-hybridized carbons (Fsp3) is 0.444. The van der Waals surface area contributed by atoms with E-state index in [0.29, 0.717) is 36.7 Å². The van der Waals surface area contributed by atoms with E-state index in [1.807, 2.05) is 22.8 Å². The average molecular weight is 435 g/mol. The topological polar surface area (TPSA) is 63.5 Å². The van der Waals surface area contributed by atoms with E-state index < -0.39 is 5.97 Å². The van der Waals surface area contributed by atoms with Crippen LogP contribution in [0.2, 0.25) is 0 Å². The Bertz CT molecular complexity index is 1100. The molecule has 3 atom stereocenters. The quantitative estimate of drug-likeness (QED) is 0.507. The Kier molecular flexibility index (Phi) is 6.56. The van der Waals surface area contributed by atoms with E-state index in [1.54, 1.807) is 7.11 Å². The van der Waals surface area contributed by atoms with Gasteiger partial charge in [-0.15, -0.1) is 0 Å². The molecular weight excluding hydrogens is 400 g/mol. The molecule has 1 heterocycles. The maximum atomic E-state index is 12.5. The van der Waals surface area contributed by atoms with Gasteiger partial charge in [-0.3, -0.25) is 0 Å². The summed E-state index contributed by atoms with van der Waals surface area (Å²) in [6, 6.07) is 14.5. The number of fused-ring (bicyclic) bond motifs is 1. The molecule has 0 aliphatic heterocycles. The Balaban J connectivity index is 1.76. The Morgan fingerprint density at radius 2 is 1.91 bits per heavy atom. The normalized spacial score (nSPS) is 21.1. The van der Waals surface area contributed by atoms with Gasteiger partial charge in [-0.1, -0.05) is 56.5 Å². The van der Waals surface area contributed by atoms with Crippen LogP contribution >= 0.6 is 0 Å². The minimum atomic E-state index is -0.894. The summed E-state index contributed by atoms with van der Waals surface area (Å²) in [5.41, 5.74) is 4.37. The third-order valence-corrected chi connectivity index (χ3v) is 7.29. The lowest BCUT2D eigenvalue weighted by atomic mass is 9.78. The number of rotatable bonds is 7. The van der Waals surface area contributed by atoms with Crippen LogP contribution in [0.5, 0.6) is 5.75 Å². The lowest BCUT2D eigenvalue weighted by molar-refractivity contribution is 0.0684. The molecule has 0 amide bonds. The monoisotopic (exact) mass is 434 g/mol. The van der Waals surface area contributed by atoms with Crippen molar-refractivity contribution in [3.63, 3.8) is 0 Å². The largest absolute Gasteiger partial charge is 0.497 e. The standard InChI is InChI=1S/C27H34N2O3/c1-17-8-10-20(11-9-17)16-29-25-14-21(32-4)12-13-22(25)23(26(29)27(30)31)15-28-24-7-5-6-18(2)19(24)3/h8-14,18-19,24,28H,5-7,15-16H2,1-4H3,(H,30,31)/t18-,19-,24+/m0/s1. The number of aromatic nitrogens is 1. The second-order valence-corrected chi connectivity index (χ2v) is 9.34.